The maximum Gasteiger partial charge on any atom is 0.305 e. The highest BCUT2D eigenvalue weighted by Gasteiger charge is 2.11. The van der Waals surface area contributed by atoms with E-state index in [2.05, 4.69) is 10.3 Å². The molecule has 1 amide bonds. The summed E-state index contributed by atoms with van der Waals surface area (Å²) < 4.78 is 1.78. The molecule has 2 aromatic heterocycles. The van der Waals surface area contributed by atoms with Crippen molar-refractivity contribution in [1.29, 1.82) is 0 Å². The highest BCUT2D eigenvalue weighted by molar-refractivity contribution is 7.15. The number of halogens is 1. The van der Waals surface area contributed by atoms with E-state index in [-0.39, 0.29) is 12.3 Å². The topological polar surface area (TPSA) is 83.7 Å². The van der Waals surface area contributed by atoms with Crippen molar-refractivity contribution in [3.63, 3.8) is 0 Å². The van der Waals surface area contributed by atoms with E-state index in [0.717, 1.165) is 4.96 Å². The fourth-order valence-electron chi connectivity index (χ4n) is 1.68. The molecule has 8 heteroatoms. The molecule has 0 aliphatic carbocycles. The molecule has 0 radical (unpaired) electrons. The standard InChI is InChI=1S/C12H12ClN3O3S/c1-7(6-10(18)19)14-9(17)3-2-8-11(13)15-12-16(8)4-5-20-12/h2-5,7H,6H2,1H3,(H,14,17)(H,18,19)/b3-2+. The van der Waals surface area contributed by atoms with Gasteiger partial charge in [-0.2, -0.15) is 0 Å². The third-order valence-electron chi connectivity index (χ3n) is 2.52. The van der Waals surface area contributed by atoms with Crippen molar-refractivity contribution in [1.82, 2.24) is 14.7 Å². The summed E-state index contributed by atoms with van der Waals surface area (Å²) in [6.07, 6.45) is 4.55. The maximum absolute atomic E-state index is 11.7. The van der Waals surface area contributed by atoms with Crippen molar-refractivity contribution < 1.29 is 14.7 Å². The summed E-state index contributed by atoms with van der Waals surface area (Å²) in [5.74, 6) is -1.33. The number of rotatable bonds is 5. The molecule has 6 nitrogen and oxygen atoms in total. The van der Waals surface area contributed by atoms with Gasteiger partial charge in [0.2, 0.25) is 5.91 Å². The summed E-state index contributed by atoms with van der Waals surface area (Å²) >= 11 is 7.42. The summed E-state index contributed by atoms with van der Waals surface area (Å²) in [6.45, 7) is 1.63. The maximum atomic E-state index is 11.7. The predicted molar refractivity (Wildman–Crippen MR) is 77.0 cm³/mol. The van der Waals surface area contributed by atoms with Gasteiger partial charge in [0, 0.05) is 23.7 Å². The summed E-state index contributed by atoms with van der Waals surface area (Å²) in [7, 11) is 0. The van der Waals surface area contributed by atoms with Gasteiger partial charge >= 0.3 is 5.97 Å². The van der Waals surface area contributed by atoms with E-state index in [9.17, 15) is 9.59 Å². The second-order valence-corrected chi connectivity index (χ2v) is 5.42. The molecule has 0 saturated heterocycles. The molecule has 0 aliphatic rings. The van der Waals surface area contributed by atoms with Gasteiger partial charge in [-0.1, -0.05) is 11.6 Å². The molecular formula is C12H12ClN3O3S. The number of nitrogens with zero attached hydrogens (tertiary/aromatic N) is 2. The molecule has 0 aromatic carbocycles. The molecule has 1 unspecified atom stereocenters. The Morgan fingerprint density at radius 1 is 1.65 bits per heavy atom. The zero-order valence-corrected chi connectivity index (χ0v) is 12.1. The summed E-state index contributed by atoms with van der Waals surface area (Å²) in [6, 6.07) is -0.438. The molecule has 0 fully saturated rings. The van der Waals surface area contributed by atoms with Crippen molar-refractivity contribution >= 4 is 45.9 Å². The number of aromatic nitrogens is 2. The van der Waals surface area contributed by atoms with Gasteiger partial charge in [-0.05, 0) is 13.0 Å². The summed E-state index contributed by atoms with van der Waals surface area (Å²) in [4.78, 5) is 27.0. The molecule has 2 aromatic rings. The van der Waals surface area contributed by atoms with E-state index in [1.807, 2.05) is 11.6 Å². The number of carbonyl (C=O) groups is 2. The fourth-order valence-corrected chi connectivity index (χ4v) is 2.69. The molecule has 2 rings (SSSR count). The second kappa shape index (κ2) is 6.06. The smallest absolute Gasteiger partial charge is 0.305 e. The van der Waals surface area contributed by atoms with Crippen LogP contribution in [0.25, 0.3) is 11.0 Å². The molecule has 0 saturated carbocycles. The summed E-state index contributed by atoms with van der Waals surface area (Å²) in [5.41, 5.74) is 0.615. The Hall–Kier alpha value is -1.86. The number of carboxylic acids is 1. The monoisotopic (exact) mass is 313 g/mol. The first-order valence-electron chi connectivity index (χ1n) is 5.79. The number of carboxylic acid groups (broad SMARTS) is 1. The van der Waals surface area contributed by atoms with Crippen LogP contribution < -0.4 is 5.32 Å². The van der Waals surface area contributed by atoms with Crippen LogP contribution in [0.4, 0.5) is 0 Å². The number of nitrogens with one attached hydrogen (secondary N) is 1. The molecule has 2 heterocycles. The van der Waals surface area contributed by atoms with E-state index >= 15 is 0 Å². The van der Waals surface area contributed by atoms with E-state index < -0.39 is 12.0 Å². The van der Waals surface area contributed by atoms with Crippen molar-refractivity contribution in [3.8, 4) is 0 Å². The lowest BCUT2D eigenvalue weighted by atomic mass is 10.2. The number of imidazole rings is 1. The Labute approximate surface area is 123 Å². The largest absolute Gasteiger partial charge is 0.481 e. The van der Waals surface area contributed by atoms with Crippen molar-refractivity contribution in [2.75, 3.05) is 0 Å². The normalized spacial score (nSPS) is 12.9. The van der Waals surface area contributed by atoms with Gasteiger partial charge in [0.1, 0.15) is 0 Å². The van der Waals surface area contributed by atoms with Crippen LogP contribution in [0, 0.1) is 0 Å². The molecular weight excluding hydrogens is 302 g/mol. The van der Waals surface area contributed by atoms with Crippen LogP contribution in [0.3, 0.4) is 0 Å². The Morgan fingerprint density at radius 3 is 3.10 bits per heavy atom. The van der Waals surface area contributed by atoms with E-state index in [0.29, 0.717) is 10.8 Å². The molecule has 106 valence electrons. The average molecular weight is 314 g/mol. The van der Waals surface area contributed by atoms with Crippen LogP contribution in [0.2, 0.25) is 5.15 Å². The van der Waals surface area contributed by atoms with Gasteiger partial charge < -0.3 is 10.4 Å². The number of thiazole rings is 1. The SMILES string of the molecule is CC(CC(=O)O)NC(=O)/C=C/c1c(Cl)nc2sccn12. The number of fused-ring (bicyclic) bond motifs is 1. The number of hydrogen-bond acceptors (Lipinski definition) is 4. The van der Waals surface area contributed by atoms with Crippen LogP contribution in [0.5, 0.6) is 0 Å². The zero-order chi connectivity index (χ0) is 14.7. The summed E-state index contributed by atoms with van der Waals surface area (Å²) in [5, 5.41) is 13.4. The van der Waals surface area contributed by atoms with Crippen LogP contribution in [0.15, 0.2) is 17.7 Å². The predicted octanol–water partition coefficient (Wildman–Crippen LogP) is 2.04. The van der Waals surface area contributed by atoms with Gasteiger partial charge in [0.25, 0.3) is 0 Å². The van der Waals surface area contributed by atoms with Gasteiger partial charge in [0.15, 0.2) is 10.1 Å². The third-order valence-corrected chi connectivity index (χ3v) is 3.55. The Bertz CT molecular complexity index is 677. The van der Waals surface area contributed by atoms with E-state index in [1.165, 1.54) is 17.4 Å². The van der Waals surface area contributed by atoms with Crippen LogP contribution in [-0.2, 0) is 9.59 Å². The minimum absolute atomic E-state index is 0.123. The minimum atomic E-state index is -0.958. The van der Waals surface area contributed by atoms with Crippen LogP contribution >= 0.6 is 22.9 Å². The molecule has 20 heavy (non-hydrogen) atoms. The number of amides is 1. The van der Waals surface area contributed by atoms with Gasteiger partial charge in [-0.3, -0.25) is 14.0 Å². The van der Waals surface area contributed by atoms with Crippen molar-refractivity contribution in [2.45, 2.75) is 19.4 Å². The molecule has 0 bridgehead atoms. The molecule has 1 atom stereocenters. The number of carbonyl (C=O) groups excluding carboxylic acids is 1. The van der Waals surface area contributed by atoms with Crippen molar-refractivity contribution in [2.24, 2.45) is 0 Å². The molecule has 2 N–H and O–H groups in total. The highest BCUT2D eigenvalue weighted by Crippen LogP contribution is 2.22. The first-order valence-corrected chi connectivity index (χ1v) is 7.04. The molecule has 0 aliphatic heterocycles. The fraction of sp³-hybridized carbons (Fsp3) is 0.250. The first kappa shape index (κ1) is 14.5. The lowest BCUT2D eigenvalue weighted by Gasteiger charge is -2.08. The first-order chi connectivity index (χ1) is 9.47. The average Bonchev–Trinajstić information content (AvgIpc) is 2.85. The minimum Gasteiger partial charge on any atom is -0.481 e. The lowest BCUT2D eigenvalue weighted by molar-refractivity contribution is -0.137. The molecule has 0 spiro atoms. The van der Waals surface area contributed by atoms with Crippen molar-refractivity contribution in [3.05, 3.63) is 28.5 Å². The zero-order valence-electron chi connectivity index (χ0n) is 10.5. The number of hydrogen-bond donors (Lipinski definition) is 2. The van der Waals surface area contributed by atoms with E-state index in [1.54, 1.807) is 17.4 Å². The van der Waals surface area contributed by atoms with E-state index in [4.69, 9.17) is 16.7 Å². The van der Waals surface area contributed by atoms with Gasteiger partial charge in [-0.25, -0.2) is 4.98 Å². The lowest BCUT2D eigenvalue weighted by Crippen LogP contribution is -2.32. The highest BCUT2D eigenvalue weighted by atomic mass is 35.5. The Morgan fingerprint density at radius 2 is 2.40 bits per heavy atom. The van der Waals surface area contributed by atoms with Gasteiger partial charge in [-0.15, -0.1) is 11.3 Å². The quantitative estimate of drug-likeness (QED) is 0.827. The van der Waals surface area contributed by atoms with Gasteiger partial charge in [0.05, 0.1) is 12.1 Å². The second-order valence-electron chi connectivity index (χ2n) is 4.18. The Balaban J connectivity index is 2.05. The number of aliphatic carboxylic acids is 1. The van der Waals surface area contributed by atoms with Crippen LogP contribution in [-0.4, -0.2) is 32.4 Å². The van der Waals surface area contributed by atoms with Crippen LogP contribution in [0.1, 0.15) is 19.0 Å². The third kappa shape index (κ3) is 3.37. The Kier molecular flexibility index (Phi) is 4.41.